The van der Waals surface area contributed by atoms with Crippen LogP contribution in [0.1, 0.15) is 29.5 Å². The van der Waals surface area contributed by atoms with Crippen LogP contribution in [0.25, 0.3) is 11.0 Å². The summed E-state index contributed by atoms with van der Waals surface area (Å²) in [6, 6.07) is 7.54. The second-order valence-electron chi connectivity index (χ2n) is 4.82. The molecular formula is C14H13ClN6. The number of alkyl halides is 1. The van der Waals surface area contributed by atoms with Crippen LogP contribution < -0.4 is 0 Å². The predicted molar refractivity (Wildman–Crippen MR) is 78.8 cm³/mol. The molecule has 0 spiro atoms. The molecule has 2 aromatic heterocycles. The van der Waals surface area contributed by atoms with Gasteiger partial charge in [0.05, 0.1) is 34.6 Å². The van der Waals surface area contributed by atoms with Crippen molar-refractivity contribution in [2.45, 2.75) is 18.8 Å². The van der Waals surface area contributed by atoms with E-state index in [9.17, 15) is 0 Å². The first-order valence-electron chi connectivity index (χ1n) is 6.47. The number of rotatable bonds is 3. The highest BCUT2D eigenvalue weighted by Crippen LogP contribution is 2.25. The summed E-state index contributed by atoms with van der Waals surface area (Å²) in [4.78, 5) is 8.79. The normalized spacial score (nSPS) is 12.5. The lowest BCUT2D eigenvalue weighted by molar-refractivity contribution is 0.684. The minimum atomic E-state index is -0.244. The summed E-state index contributed by atoms with van der Waals surface area (Å²) in [5.41, 5.74) is 2.27. The predicted octanol–water partition coefficient (Wildman–Crippen LogP) is 2.38. The Balaban J connectivity index is 2.17. The van der Waals surface area contributed by atoms with Crippen molar-refractivity contribution in [2.75, 3.05) is 0 Å². The quantitative estimate of drug-likeness (QED) is 0.696. The maximum Gasteiger partial charge on any atom is 0.170 e. The highest BCUT2D eigenvalue weighted by atomic mass is 35.5. The van der Waals surface area contributed by atoms with E-state index in [-0.39, 0.29) is 5.38 Å². The van der Waals surface area contributed by atoms with Gasteiger partial charge in [-0.15, -0.1) is 11.6 Å². The summed E-state index contributed by atoms with van der Waals surface area (Å²) in [5, 5.41) is 13.1. The lowest BCUT2D eigenvalue weighted by Gasteiger charge is -2.08. The van der Waals surface area contributed by atoms with Crippen molar-refractivity contribution in [1.29, 1.82) is 5.26 Å². The van der Waals surface area contributed by atoms with Crippen molar-refractivity contribution in [2.24, 2.45) is 7.05 Å². The Morgan fingerprint density at radius 3 is 2.86 bits per heavy atom. The minimum Gasteiger partial charge on any atom is -0.319 e. The Hall–Kier alpha value is -2.39. The van der Waals surface area contributed by atoms with E-state index < -0.39 is 0 Å². The number of benzene rings is 1. The van der Waals surface area contributed by atoms with Gasteiger partial charge in [0.15, 0.2) is 5.82 Å². The number of hydrogen-bond donors (Lipinski definition) is 0. The molecule has 0 saturated heterocycles. The third-order valence-corrected chi connectivity index (χ3v) is 3.40. The summed E-state index contributed by atoms with van der Waals surface area (Å²) in [7, 11) is 1.82. The molecule has 0 aliphatic carbocycles. The first-order valence-corrected chi connectivity index (χ1v) is 6.91. The van der Waals surface area contributed by atoms with Gasteiger partial charge >= 0.3 is 0 Å². The molecule has 0 radical (unpaired) electrons. The largest absolute Gasteiger partial charge is 0.319 e. The molecule has 7 heteroatoms. The number of nitriles is 1. The zero-order chi connectivity index (χ0) is 15.0. The maximum absolute atomic E-state index is 9.06. The average molecular weight is 301 g/mol. The molecule has 6 nitrogen and oxygen atoms in total. The fraction of sp³-hybridized carbons (Fsp3) is 0.286. The van der Waals surface area contributed by atoms with Gasteiger partial charge in [-0.3, -0.25) is 4.68 Å². The van der Waals surface area contributed by atoms with E-state index in [1.54, 1.807) is 17.1 Å². The van der Waals surface area contributed by atoms with Crippen molar-refractivity contribution >= 4 is 22.6 Å². The van der Waals surface area contributed by atoms with E-state index in [1.165, 1.54) is 0 Å². The van der Waals surface area contributed by atoms with E-state index in [0.717, 1.165) is 16.9 Å². The number of nitrogens with zero attached hydrogens (tertiary/aromatic N) is 6. The van der Waals surface area contributed by atoms with Crippen molar-refractivity contribution in [3.05, 3.63) is 41.7 Å². The van der Waals surface area contributed by atoms with Gasteiger partial charge in [-0.2, -0.15) is 10.4 Å². The Morgan fingerprint density at radius 1 is 1.43 bits per heavy atom. The lowest BCUT2D eigenvalue weighted by atomic mass is 10.2. The standard InChI is InChI=1S/C14H13ClN6/c1-9(15)14-18-11-4-3-10(6-16)5-12(11)21(14)7-13-17-8-20(2)19-13/h3-5,8-9H,7H2,1-2H3. The van der Waals surface area contributed by atoms with Gasteiger partial charge < -0.3 is 4.57 Å². The van der Waals surface area contributed by atoms with Gasteiger partial charge in [0.1, 0.15) is 12.2 Å². The van der Waals surface area contributed by atoms with Gasteiger partial charge in [0, 0.05) is 7.05 Å². The Morgan fingerprint density at radius 2 is 2.24 bits per heavy atom. The van der Waals surface area contributed by atoms with Crippen LogP contribution in [0.2, 0.25) is 0 Å². The highest BCUT2D eigenvalue weighted by Gasteiger charge is 2.16. The van der Waals surface area contributed by atoms with E-state index in [2.05, 4.69) is 21.1 Å². The summed E-state index contributed by atoms with van der Waals surface area (Å²) >= 11 is 6.23. The number of imidazole rings is 1. The van der Waals surface area contributed by atoms with Crippen LogP contribution in [-0.4, -0.2) is 24.3 Å². The van der Waals surface area contributed by atoms with Gasteiger partial charge in [0.2, 0.25) is 0 Å². The molecule has 0 N–H and O–H groups in total. The number of hydrogen-bond acceptors (Lipinski definition) is 4. The van der Waals surface area contributed by atoms with Crippen LogP contribution in [0, 0.1) is 11.3 Å². The summed E-state index contributed by atoms with van der Waals surface area (Å²) in [5.74, 6) is 1.42. The summed E-state index contributed by atoms with van der Waals surface area (Å²) < 4.78 is 3.61. The topological polar surface area (TPSA) is 72.3 Å². The Kier molecular flexibility index (Phi) is 3.35. The molecule has 1 atom stereocenters. The Bertz CT molecular complexity index is 839. The molecule has 1 aromatic carbocycles. The SMILES string of the molecule is CC(Cl)c1nc2ccc(C#N)cc2n1Cc1ncn(C)n1. The maximum atomic E-state index is 9.06. The lowest BCUT2D eigenvalue weighted by Crippen LogP contribution is -2.07. The molecule has 3 rings (SSSR count). The molecule has 0 aliphatic heterocycles. The van der Waals surface area contributed by atoms with Crippen LogP contribution in [0.3, 0.4) is 0 Å². The molecule has 0 aliphatic rings. The van der Waals surface area contributed by atoms with Crippen LogP contribution in [-0.2, 0) is 13.6 Å². The van der Waals surface area contributed by atoms with Crippen LogP contribution in [0.15, 0.2) is 24.5 Å². The van der Waals surface area contributed by atoms with Crippen molar-refractivity contribution in [3.63, 3.8) is 0 Å². The van der Waals surface area contributed by atoms with Crippen molar-refractivity contribution in [1.82, 2.24) is 24.3 Å². The molecule has 0 bridgehead atoms. The molecule has 2 heterocycles. The van der Waals surface area contributed by atoms with Crippen LogP contribution in [0.5, 0.6) is 0 Å². The van der Waals surface area contributed by atoms with E-state index in [0.29, 0.717) is 17.9 Å². The number of fused-ring (bicyclic) bond motifs is 1. The van der Waals surface area contributed by atoms with Gasteiger partial charge in [-0.25, -0.2) is 9.97 Å². The second kappa shape index (κ2) is 5.19. The third-order valence-electron chi connectivity index (χ3n) is 3.21. The molecule has 3 aromatic rings. The number of halogens is 1. The van der Waals surface area contributed by atoms with Crippen molar-refractivity contribution in [3.8, 4) is 6.07 Å². The monoisotopic (exact) mass is 300 g/mol. The van der Waals surface area contributed by atoms with Crippen LogP contribution in [0.4, 0.5) is 0 Å². The molecule has 1 unspecified atom stereocenters. The minimum absolute atomic E-state index is 0.244. The number of aryl methyl sites for hydroxylation is 1. The van der Waals surface area contributed by atoms with E-state index in [1.807, 2.05) is 30.7 Å². The first kappa shape index (κ1) is 13.6. The van der Waals surface area contributed by atoms with Crippen LogP contribution >= 0.6 is 11.6 Å². The third kappa shape index (κ3) is 2.48. The molecule has 0 saturated carbocycles. The molecule has 21 heavy (non-hydrogen) atoms. The number of aromatic nitrogens is 5. The molecule has 0 fully saturated rings. The summed E-state index contributed by atoms with van der Waals surface area (Å²) in [6.45, 7) is 2.34. The van der Waals surface area contributed by atoms with Gasteiger partial charge in [-0.1, -0.05) is 0 Å². The fourth-order valence-corrected chi connectivity index (χ4v) is 2.45. The van der Waals surface area contributed by atoms with E-state index >= 15 is 0 Å². The van der Waals surface area contributed by atoms with Gasteiger partial charge in [-0.05, 0) is 25.1 Å². The average Bonchev–Trinajstić information content (AvgIpc) is 3.03. The summed E-state index contributed by atoms with van der Waals surface area (Å²) in [6.07, 6.45) is 1.65. The molecule has 0 amide bonds. The highest BCUT2D eigenvalue weighted by molar-refractivity contribution is 6.20. The van der Waals surface area contributed by atoms with Gasteiger partial charge in [0.25, 0.3) is 0 Å². The molecule has 106 valence electrons. The van der Waals surface area contributed by atoms with E-state index in [4.69, 9.17) is 16.9 Å². The zero-order valence-electron chi connectivity index (χ0n) is 11.7. The smallest absolute Gasteiger partial charge is 0.170 e. The zero-order valence-corrected chi connectivity index (χ0v) is 12.4. The molecular weight excluding hydrogens is 288 g/mol. The Labute approximate surface area is 126 Å². The second-order valence-corrected chi connectivity index (χ2v) is 5.48. The first-order chi connectivity index (χ1) is 10.1. The fourth-order valence-electron chi connectivity index (χ4n) is 2.28. The van der Waals surface area contributed by atoms with Crippen molar-refractivity contribution < 1.29 is 0 Å².